The molecule has 0 aliphatic rings. The van der Waals surface area contributed by atoms with Gasteiger partial charge in [-0.05, 0) is 37.1 Å². The molecular formula is C24H29NO5. The van der Waals surface area contributed by atoms with E-state index in [2.05, 4.69) is 5.32 Å². The van der Waals surface area contributed by atoms with Gasteiger partial charge in [-0.25, -0.2) is 4.79 Å². The molecule has 2 N–H and O–H groups in total. The Kier molecular flexibility index (Phi) is 7.13. The van der Waals surface area contributed by atoms with Crippen molar-refractivity contribution in [2.75, 3.05) is 19.8 Å². The molecule has 1 aromatic heterocycles. The first kappa shape index (κ1) is 21.9. The van der Waals surface area contributed by atoms with Gasteiger partial charge in [0.05, 0.1) is 12.0 Å². The van der Waals surface area contributed by atoms with Gasteiger partial charge in [0.15, 0.2) is 0 Å². The Bertz CT molecular complexity index is 994. The number of aliphatic hydroxyl groups excluding tert-OH is 1. The maximum absolute atomic E-state index is 12.3. The highest BCUT2D eigenvalue weighted by Gasteiger charge is 2.23. The lowest BCUT2D eigenvalue weighted by Crippen LogP contribution is -2.35. The summed E-state index contributed by atoms with van der Waals surface area (Å²) < 4.78 is 17.0. The van der Waals surface area contributed by atoms with E-state index in [-0.39, 0.29) is 25.0 Å². The molecule has 0 unspecified atom stereocenters. The fourth-order valence-corrected chi connectivity index (χ4v) is 3.26. The van der Waals surface area contributed by atoms with Crippen molar-refractivity contribution in [3.05, 3.63) is 53.8 Å². The molecule has 0 spiro atoms. The van der Waals surface area contributed by atoms with Crippen LogP contribution in [0.25, 0.3) is 22.1 Å². The molecule has 6 heteroatoms. The molecule has 0 fully saturated rings. The Morgan fingerprint density at radius 2 is 1.90 bits per heavy atom. The summed E-state index contributed by atoms with van der Waals surface area (Å²) in [5.74, 6) is 0.232. The van der Waals surface area contributed by atoms with Crippen molar-refractivity contribution < 1.29 is 23.8 Å². The van der Waals surface area contributed by atoms with E-state index in [1.54, 1.807) is 6.92 Å². The first-order valence-corrected chi connectivity index (χ1v) is 10.2. The highest BCUT2D eigenvalue weighted by molar-refractivity contribution is 6.00. The Labute approximate surface area is 176 Å². The smallest absolute Gasteiger partial charge is 0.374 e. The third kappa shape index (κ3) is 5.01. The van der Waals surface area contributed by atoms with Crippen molar-refractivity contribution in [1.82, 2.24) is 5.32 Å². The lowest BCUT2D eigenvalue weighted by Gasteiger charge is -2.16. The summed E-state index contributed by atoms with van der Waals surface area (Å²) in [5, 5.41) is 14.2. The normalized spacial score (nSPS) is 12.3. The van der Waals surface area contributed by atoms with E-state index in [1.807, 2.05) is 63.2 Å². The third-order valence-electron chi connectivity index (χ3n) is 4.75. The molecule has 0 aliphatic carbocycles. The van der Waals surface area contributed by atoms with Gasteiger partial charge in [-0.2, -0.15) is 0 Å². The van der Waals surface area contributed by atoms with Crippen LogP contribution in [0.15, 0.2) is 46.9 Å². The van der Waals surface area contributed by atoms with Crippen molar-refractivity contribution in [3.63, 3.8) is 0 Å². The van der Waals surface area contributed by atoms with E-state index < -0.39 is 12.1 Å². The van der Waals surface area contributed by atoms with Crippen LogP contribution in [0, 0.1) is 6.92 Å². The quantitative estimate of drug-likeness (QED) is 0.511. The van der Waals surface area contributed by atoms with E-state index in [1.165, 1.54) is 0 Å². The average Bonchev–Trinajstić information content (AvgIpc) is 3.08. The van der Waals surface area contributed by atoms with Crippen LogP contribution in [0.2, 0.25) is 0 Å². The number of hydrogen-bond acceptors (Lipinski definition) is 6. The zero-order valence-electron chi connectivity index (χ0n) is 17.9. The predicted octanol–water partition coefficient (Wildman–Crippen LogP) is 4.32. The Morgan fingerprint density at radius 1 is 1.17 bits per heavy atom. The number of fused-ring (bicyclic) bond motifs is 1. The van der Waals surface area contributed by atoms with Gasteiger partial charge in [0.1, 0.15) is 24.0 Å². The predicted molar refractivity (Wildman–Crippen MR) is 117 cm³/mol. The van der Waals surface area contributed by atoms with E-state index in [0.717, 1.165) is 11.1 Å². The Balaban J connectivity index is 1.99. The zero-order valence-corrected chi connectivity index (χ0v) is 17.9. The molecule has 1 atom stereocenters. The highest BCUT2D eigenvalue weighted by Crippen LogP contribution is 2.38. The summed E-state index contributed by atoms with van der Waals surface area (Å²) in [6, 6.07) is 13.9. The number of benzene rings is 2. The molecule has 160 valence electrons. The molecule has 30 heavy (non-hydrogen) atoms. The van der Waals surface area contributed by atoms with Gasteiger partial charge in [-0.1, -0.05) is 44.2 Å². The summed E-state index contributed by atoms with van der Waals surface area (Å²) in [7, 11) is 0. The number of aryl methyl sites for hydroxylation is 1. The number of aliphatic hydroxyl groups is 1. The number of ether oxygens (including phenoxy) is 2. The minimum atomic E-state index is -0.667. The van der Waals surface area contributed by atoms with Gasteiger partial charge in [-0.3, -0.25) is 0 Å². The third-order valence-corrected chi connectivity index (χ3v) is 4.75. The lowest BCUT2D eigenvalue weighted by atomic mass is 10.0. The molecule has 1 heterocycles. The van der Waals surface area contributed by atoms with Gasteiger partial charge in [0, 0.05) is 18.2 Å². The fourth-order valence-electron chi connectivity index (χ4n) is 3.26. The second kappa shape index (κ2) is 9.78. The second-order valence-electron chi connectivity index (χ2n) is 7.52. The molecule has 0 saturated heterocycles. The van der Waals surface area contributed by atoms with Crippen LogP contribution in [0.1, 0.15) is 36.9 Å². The van der Waals surface area contributed by atoms with E-state index in [9.17, 15) is 9.90 Å². The maximum Gasteiger partial charge on any atom is 0.374 e. The molecular weight excluding hydrogens is 382 g/mol. The van der Waals surface area contributed by atoms with Gasteiger partial charge in [0.2, 0.25) is 5.76 Å². The molecule has 0 radical (unpaired) electrons. The molecule has 6 nitrogen and oxygen atoms in total. The zero-order chi connectivity index (χ0) is 21.7. The monoisotopic (exact) mass is 411 g/mol. The van der Waals surface area contributed by atoms with Crippen molar-refractivity contribution >= 4 is 16.9 Å². The van der Waals surface area contributed by atoms with Crippen molar-refractivity contribution in [2.45, 2.75) is 39.8 Å². The number of carbonyl (C=O) groups excluding carboxylic acids is 1. The summed E-state index contributed by atoms with van der Waals surface area (Å²) in [6.07, 6.45) is -0.667. The minimum absolute atomic E-state index is 0.117. The summed E-state index contributed by atoms with van der Waals surface area (Å²) >= 11 is 0. The van der Waals surface area contributed by atoms with Gasteiger partial charge >= 0.3 is 5.97 Å². The van der Waals surface area contributed by atoms with Crippen LogP contribution in [0.5, 0.6) is 5.75 Å². The van der Waals surface area contributed by atoms with E-state index >= 15 is 0 Å². The first-order chi connectivity index (χ1) is 14.4. The molecule has 2 aromatic carbocycles. The summed E-state index contributed by atoms with van der Waals surface area (Å²) in [5.41, 5.74) is 3.10. The maximum atomic E-state index is 12.3. The van der Waals surface area contributed by atoms with Gasteiger partial charge in [0.25, 0.3) is 0 Å². The van der Waals surface area contributed by atoms with Crippen LogP contribution in [-0.2, 0) is 4.74 Å². The van der Waals surface area contributed by atoms with Crippen LogP contribution in [0.3, 0.4) is 0 Å². The number of carbonyl (C=O) groups is 1. The van der Waals surface area contributed by atoms with Crippen molar-refractivity contribution in [2.24, 2.45) is 0 Å². The molecule has 0 bridgehead atoms. The van der Waals surface area contributed by atoms with Gasteiger partial charge < -0.3 is 24.3 Å². The first-order valence-electron chi connectivity index (χ1n) is 10.2. The largest absolute Gasteiger partial charge is 0.490 e. The number of nitrogens with one attached hydrogen (secondary N) is 1. The van der Waals surface area contributed by atoms with Crippen LogP contribution >= 0.6 is 0 Å². The second-order valence-corrected chi connectivity index (χ2v) is 7.52. The van der Waals surface area contributed by atoms with Crippen molar-refractivity contribution in [1.29, 1.82) is 0 Å². The lowest BCUT2D eigenvalue weighted by molar-refractivity contribution is 0.0491. The number of furan rings is 1. The van der Waals surface area contributed by atoms with Crippen molar-refractivity contribution in [3.8, 4) is 16.9 Å². The number of rotatable bonds is 9. The number of esters is 1. The molecule has 3 aromatic rings. The SMILES string of the molecule is CCOC(=O)c1oc2cc(-c3ccccc3)cc(OC[C@@H](O)CNC(C)C)c2c1C. The fraction of sp³-hybridized carbons (Fsp3) is 0.375. The highest BCUT2D eigenvalue weighted by atomic mass is 16.5. The van der Waals surface area contributed by atoms with E-state index in [0.29, 0.717) is 28.8 Å². The van der Waals surface area contributed by atoms with Crippen LogP contribution in [0.4, 0.5) is 0 Å². The summed E-state index contributed by atoms with van der Waals surface area (Å²) in [4.78, 5) is 12.3. The van der Waals surface area contributed by atoms with Crippen LogP contribution in [-0.4, -0.2) is 43.0 Å². The molecule has 0 saturated carbocycles. The minimum Gasteiger partial charge on any atom is -0.490 e. The van der Waals surface area contributed by atoms with E-state index in [4.69, 9.17) is 13.9 Å². The summed E-state index contributed by atoms with van der Waals surface area (Å²) in [6.45, 7) is 8.42. The van der Waals surface area contributed by atoms with Crippen LogP contribution < -0.4 is 10.1 Å². The molecule has 0 aliphatic heterocycles. The average molecular weight is 411 g/mol. The van der Waals surface area contributed by atoms with Gasteiger partial charge in [-0.15, -0.1) is 0 Å². The topological polar surface area (TPSA) is 80.9 Å². The molecule has 0 amide bonds. The standard InChI is InChI=1S/C24H29NO5/c1-5-28-24(27)23-16(4)22-20(29-14-19(26)13-25-15(2)3)11-18(12-21(22)30-23)17-9-7-6-8-10-17/h6-12,15,19,25-26H,5,13-14H2,1-4H3/t19-/m0/s1. The Hall–Kier alpha value is -2.83. The Morgan fingerprint density at radius 3 is 2.57 bits per heavy atom. The number of hydrogen-bond donors (Lipinski definition) is 2. The molecule has 3 rings (SSSR count).